The van der Waals surface area contributed by atoms with Crippen molar-refractivity contribution in [1.29, 1.82) is 0 Å². The lowest BCUT2D eigenvalue weighted by molar-refractivity contribution is 0.0137. The van der Waals surface area contributed by atoms with E-state index in [0.717, 1.165) is 5.96 Å². The lowest BCUT2D eigenvalue weighted by Gasteiger charge is -2.39. The monoisotopic (exact) mass is 511 g/mol. The molecule has 0 aromatic carbocycles. The molecular formula is C18H34IN5O4. The van der Waals surface area contributed by atoms with E-state index in [2.05, 4.69) is 20.5 Å². The number of guanidine groups is 1. The second kappa shape index (κ2) is 9.84. The SMILES string of the molecule is CC(C)(C)OC(=O)NCCNC1=NCC2CN(C(=O)OC(C)(C)C)CCN12.I. The lowest BCUT2D eigenvalue weighted by atomic mass is 10.2. The molecule has 0 radical (unpaired) electrons. The van der Waals surface area contributed by atoms with Crippen molar-refractivity contribution in [2.75, 3.05) is 39.3 Å². The van der Waals surface area contributed by atoms with Gasteiger partial charge in [-0.15, -0.1) is 24.0 Å². The van der Waals surface area contributed by atoms with E-state index in [4.69, 9.17) is 9.47 Å². The van der Waals surface area contributed by atoms with Crippen LogP contribution in [0, 0.1) is 0 Å². The number of amides is 2. The van der Waals surface area contributed by atoms with Gasteiger partial charge in [-0.05, 0) is 41.5 Å². The van der Waals surface area contributed by atoms with Crippen LogP contribution in [0.1, 0.15) is 41.5 Å². The van der Waals surface area contributed by atoms with Gasteiger partial charge in [0.05, 0.1) is 12.6 Å². The molecule has 10 heteroatoms. The Morgan fingerprint density at radius 1 is 1.07 bits per heavy atom. The van der Waals surface area contributed by atoms with Crippen molar-refractivity contribution < 1.29 is 19.1 Å². The Morgan fingerprint density at radius 3 is 2.32 bits per heavy atom. The van der Waals surface area contributed by atoms with Gasteiger partial charge in [0.15, 0.2) is 5.96 Å². The molecule has 2 amide bonds. The minimum atomic E-state index is -0.506. The Kier molecular flexibility index (Phi) is 8.64. The quantitative estimate of drug-likeness (QED) is 0.445. The summed E-state index contributed by atoms with van der Waals surface area (Å²) < 4.78 is 10.6. The van der Waals surface area contributed by atoms with Gasteiger partial charge in [0.1, 0.15) is 11.2 Å². The number of fused-ring (bicyclic) bond motifs is 1. The number of halogens is 1. The summed E-state index contributed by atoms with van der Waals surface area (Å²) in [5.41, 5.74) is -0.998. The number of rotatable bonds is 3. The van der Waals surface area contributed by atoms with Crippen LogP contribution in [-0.4, -0.2) is 84.5 Å². The van der Waals surface area contributed by atoms with Gasteiger partial charge in [0, 0.05) is 32.7 Å². The molecule has 0 aliphatic carbocycles. The molecule has 28 heavy (non-hydrogen) atoms. The molecular weight excluding hydrogens is 477 g/mol. The van der Waals surface area contributed by atoms with Crippen molar-refractivity contribution >= 4 is 42.1 Å². The van der Waals surface area contributed by atoms with E-state index in [0.29, 0.717) is 39.3 Å². The molecule has 0 aromatic rings. The summed E-state index contributed by atoms with van der Waals surface area (Å²) in [7, 11) is 0. The van der Waals surface area contributed by atoms with Gasteiger partial charge in [-0.1, -0.05) is 0 Å². The zero-order chi connectivity index (χ0) is 20.2. The van der Waals surface area contributed by atoms with E-state index in [9.17, 15) is 9.59 Å². The van der Waals surface area contributed by atoms with Crippen LogP contribution in [-0.2, 0) is 9.47 Å². The molecule has 1 unspecified atom stereocenters. The van der Waals surface area contributed by atoms with E-state index in [1.807, 2.05) is 41.5 Å². The first-order valence-electron chi connectivity index (χ1n) is 9.44. The van der Waals surface area contributed by atoms with Crippen LogP contribution in [0.4, 0.5) is 9.59 Å². The fraction of sp³-hybridized carbons (Fsp3) is 0.833. The fourth-order valence-corrected chi connectivity index (χ4v) is 2.88. The first-order chi connectivity index (χ1) is 12.4. The molecule has 2 aliphatic heterocycles. The second-order valence-corrected chi connectivity index (χ2v) is 8.79. The normalized spacial score (nSPS) is 19.2. The average molecular weight is 511 g/mol. The minimum absolute atomic E-state index is 0. The molecule has 0 spiro atoms. The first-order valence-corrected chi connectivity index (χ1v) is 9.44. The predicted molar refractivity (Wildman–Crippen MR) is 118 cm³/mol. The molecule has 0 bridgehead atoms. The van der Waals surface area contributed by atoms with E-state index < -0.39 is 17.3 Å². The summed E-state index contributed by atoms with van der Waals surface area (Å²) in [6.07, 6.45) is -0.702. The molecule has 1 atom stereocenters. The Hall–Kier alpha value is -1.46. The molecule has 2 rings (SSSR count). The van der Waals surface area contributed by atoms with Gasteiger partial charge in [-0.2, -0.15) is 0 Å². The summed E-state index contributed by atoms with van der Waals surface area (Å²) in [4.78, 5) is 32.3. The maximum atomic E-state index is 12.2. The van der Waals surface area contributed by atoms with E-state index in [-0.39, 0.29) is 36.1 Å². The summed E-state index contributed by atoms with van der Waals surface area (Å²) in [6.45, 7) is 14.6. The topological polar surface area (TPSA) is 95.5 Å². The maximum absolute atomic E-state index is 12.2. The summed E-state index contributed by atoms with van der Waals surface area (Å²) in [5, 5.41) is 5.96. The third-order valence-electron chi connectivity index (χ3n) is 3.93. The van der Waals surface area contributed by atoms with Crippen LogP contribution in [0.3, 0.4) is 0 Å². The van der Waals surface area contributed by atoms with Crippen LogP contribution >= 0.6 is 24.0 Å². The van der Waals surface area contributed by atoms with Gasteiger partial charge in [-0.3, -0.25) is 4.99 Å². The number of hydrogen-bond acceptors (Lipinski definition) is 7. The first kappa shape index (κ1) is 24.6. The zero-order valence-electron chi connectivity index (χ0n) is 17.7. The lowest BCUT2D eigenvalue weighted by Crippen LogP contribution is -2.57. The highest BCUT2D eigenvalue weighted by molar-refractivity contribution is 14.0. The highest BCUT2D eigenvalue weighted by Gasteiger charge is 2.36. The number of nitrogens with zero attached hydrogens (tertiary/aromatic N) is 3. The molecule has 0 aromatic heterocycles. The summed E-state index contributed by atoms with van der Waals surface area (Å²) in [5.74, 6) is 0.815. The van der Waals surface area contributed by atoms with Gasteiger partial charge in [0.2, 0.25) is 0 Å². The maximum Gasteiger partial charge on any atom is 0.410 e. The van der Waals surface area contributed by atoms with E-state index in [1.54, 1.807) is 4.90 Å². The molecule has 0 saturated carbocycles. The molecule has 9 nitrogen and oxygen atoms in total. The summed E-state index contributed by atoms with van der Waals surface area (Å²) >= 11 is 0. The van der Waals surface area contributed by atoms with Crippen LogP contribution in [0.2, 0.25) is 0 Å². The molecule has 2 heterocycles. The molecule has 1 fully saturated rings. The summed E-state index contributed by atoms with van der Waals surface area (Å²) in [6, 6.07) is 0.160. The largest absolute Gasteiger partial charge is 0.444 e. The number of nitrogens with one attached hydrogen (secondary N) is 2. The minimum Gasteiger partial charge on any atom is -0.444 e. The van der Waals surface area contributed by atoms with Crippen molar-refractivity contribution in [3.63, 3.8) is 0 Å². The van der Waals surface area contributed by atoms with Gasteiger partial charge >= 0.3 is 12.2 Å². The number of alkyl carbamates (subject to hydrolysis) is 1. The standard InChI is InChI=1S/C18H33N5O4.HI/c1-17(2,3)26-15(24)20-8-7-19-14-21-11-13-12-22(9-10-23(13)14)16(25)27-18(4,5)6;/h13H,7-12H2,1-6H3,(H,19,21)(H,20,24);1H. The van der Waals surface area contributed by atoms with Crippen LogP contribution in [0.5, 0.6) is 0 Å². The van der Waals surface area contributed by atoms with Gasteiger partial charge in [0.25, 0.3) is 0 Å². The van der Waals surface area contributed by atoms with Crippen molar-refractivity contribution in [1.82, 2.24) is 20.4 Å². The van der Waals surface area contributed by atoms with Gasteiger partial charge < -0.3 is 29.9 Å². The average Bonchev–Trinajstić information content (AvgIpc) is 2.90. The van der Waals surface area contributed by atoms with E-state index >= 15 is 0 Å². The molecule has 1 saturated heterocycles. The third-order valence-corrected chi connectivity index (χ3v) is 3.93. The number of carbonyl (C=O) groups is 2. The van der Waals surface area contributed by atoms with Crippen molar-refractivity contribution in [2.45, 2.75) is 58.8 Å². The Balaban J connectivity index is 0.00000392. The van der Waals surface area contributed by atoms with Crippen molar-refractivity contribution in [3.05, 3.63) is 0 Å². The fourth-order valence-electron chi connectivity index (χ4n) is 2.88. The highest BCUT2D eigenvalue weighted by atomic mass is 127. The highest BCUT2D eigenvalue weighted by Crippen LogP contribution is 2.18. The number of ether oxygens (including phenoxy) is 2. The molecule has 2 aliphatic rings. The van der Waals surface area contributed by atoms with Crippen LogP contribution < -0.4 is 10.6 Å². The number of hydrogen-bond donors (Lipinski definition) is 2. The van der Waals surface area contributed by atoms with Gasteiger partial charge in [-0.25, -0.2) is 9.59 Å². The smallest absolute Gasteiger partial charge is 0.410 e. The molecule has 2 N–H and O–H groups in total. The third kappa shape index (κ3) is 7.88. The number of carbonyl (C=O) groups excluding carboxylic acids is 2. The Bertz CT molecular complexity index is 586. The zero-order valence-corrected chi connectivity index (χ0v) is 20.0. The predicted octanol–water partition coefficient (Wildman–Crippen LogP) is 2.01. The second-order valence-electron chi connectivity index (χ2n) is 8.79. The number of aliphatic imine (C=N–C) groups is 1. The van der Waals surface area contributed by atoms with Crippen molar-refractivity contribution in [2.24, 2.45) is 4.99 Å². The Labute approximate surface area is 184 Å². The van der Waals surface area contributed by atoms with Crippen LogP contribution in [0.15, 0.2) is 4.99 Å². The molecule has 162 valence electrons. The Morgan fingerprint density at radius 2 is 1.71 bits per heavy atom. The van der Waals surface area contributed by atoms with E-state index in [1.165, 1.54) is 0 Å². The number of piperazine rings is 1. The van der Waals surface area contributed by atoms with Crippen LogP contribution in [0.25, 0.3) is 0 Å². The van der Waals surface area contributed by atoms with Crippen molar-refractivity contribution in [3.8, 4) is 0 Å².